The number of anilines is 1. The van der Waals surface area contributed by atoms with Gasteiger partial charge >= 0.3 is 0 Å². The Labute approximate surface area is 193 Å². The Morgan fingerprint density at radius 3 is 2.33 bits per heavy atom. The maximum Gasteiger partial charge on any atom is 0.226 e. The molecule has 168 valence electrons. The smallest absolute Gasteiger partial charge is 0.226 e. The lowest BCUT2D eigenvalue weighted by Gasteiger charge is -2.35. The second-order valence-electron chi connectivity index (χ2n) is 8.57. The van der Waals surface area contributed by atoms with Crippen molar-refractivity contribution in [3.05, 3.63) is 90.3 Å². The maximum atomic E-state index is 13.6. The summed E-state index contributed by atoms with van der Waals surface area (Å²) in [6.07, 6.45) is 4.14. The van der Waals surface area contributed by atoms with Crippen molar-refractivity contribution < 1.29 is 4.79 Å². The quantitative estimate of drug-likeness (QED) is 0.439. The van der Waals surface area contributed by atoms with Gasteiger partial charge in [-0.3, -0.25) is 4.79 Å². The van der Waals surface area contributed by atoms with Crippen molar-refractivity contribution in [1.29, 1.82) is 0 Å². The number of nitrogens with zero attached hydrogens (tertiary/aromatic N) is 6. The van der Waals surface area contributed by atoms with Gasteiger partial charge < -0.3 is 9.80 Å². The highest BCUT2D eigenvalue weighted by molar-refractivity contribution is 5.79. The molecule has 33 heavy (non-hydrogen) atoms. The summed E-state index contributed by atoms with van der Waals surface area (Å²) >= 11 is 0. The number of benzene rings is 2. The molecule has 0 bridgehead atoms. The fourth-order valence-corrected chi connectivity index (χ4v) is 4.48. The fraction of sp³-hybridized carbons (Fsp3) is 0.308. The number of hydrogen-bond donors (Lipinski definition) is 0. The van der Waals surface area contributed by atoms with Crippen molar-refractivity contribution in [2.24, 2.45) is 5.92 Å². The van der Waals surface area contributed by atoms with Crippen molar-refractivity contribution in [1.82, 2.24) is 24.7 Å². The molecule has 7 heteroatoms. The molecule has 2 aromatic heterocycles. The van der Waals surface area contributed by atoms with E-state index in [1.54, 1.807) is 10.8 Å². The van der Waals surface area contributed by atoms with Crippen LogP contribution in [0.25, 0.3) is 5.65 Å². The van der Waals surface area contributed by atoms with Gasteiger partial charge in [-0.05, 0) is 42.5 Å². The average molecular weight is 441 g/mol. The molecule has 1 saturated heterocycles. The number of carbonyl (C=O) groups is 1. The Hall–Kier alpha value is -3.74. The Morgan fingerprint density at radius 1 is 0.909 bits per heavy atom. The first-order valence-electron chi connectivity index (χ1n) is 11.5. The molecule has 0 atom stereocenters. The summed E-state index contributed by atoms with van der Waals surface area (Å²) in [6, 6.07) is 24.6. The molecule has 3 heterocycles. The Kier molecular flexibility index (Phi) is 6.28. The number of rotatable bonds is 7. The van der Waals surface area contributed by atoms with Gasteiger partial charge in [-0.15, -0.1) is 15.3 Å². The summed E-state index contributed by atoms with van der Waals surface area (Å²) < 4.78 is 1.69. The molecule has 0 unspecified atom stereocenters. The summed E-state index contributed by atoms with van der Waals surface area (Å²) in [6.45, 7) is 3.01. The minimum Gasteiger partial charge on any atom is -0.355 e. The van der Waals surface area contributed by atoms with Crippen LogP contribution < -0.4 is 4.90 Å². The molecule has 0 aliphatic carbocycles. The highest BCUT2D eigenvalue weighted by atomic mass is 16.2. The molecule has 2 aromatic carbocycles. The topological polar surface area (TPSA) is 66.6 Å². The van der Waals surface area contributed by atoms with Gasteiger partial charge in [-0.2, -0.15) is 4.52 Å². The SMILES string of the molecule is O=C(C1CCN(c2ccc3nncn3n2)CC1)N(CCc1ccccc1)Cc1ccccc1. The third-order valence-corrected chi connectivity index (χ3v) is 6.36. The molecule has 4 aromatic rings. The Morgan fingerprint density at radius 2 is 1.61 bits per heavy atom. The van der Waals surface area contributed by atoms with E-state index in [-0.39, 0.29) is 11.8 Å². The lowest BCUT2D eigenvalue weighted by Crippen LogP contribution is -2.43. The van der Waals surface area contributed by atoms with Gasteiger partial charge in [0.05, 0.1) is 0 Å². The predicted octanol–water partition coefficient (Wildman–Crippen LogP) is 3.61. The number of hydrogen-bond acceptors (Lipinski definition) is 5. The van der Waals surface area contributed by atoms with Crippen LogP contribution in [0.15, 0.2) is 79.1 Å². The molecule has 1 fully saturated rings. The van der Waals surface area contributed by atoms with E-state index in [1.807, 2.05) is 41.3 Å². The van der Waals surface area contributed by atoms with Gasteiger partial charge in [0.25, 0.3) is 0 Å². The van der Waals surface area contributed by atoms with Crippen LogP contribution in [-0.2, 0) is 17.8 Å². The van der Waals surface area contributed by atoms with Gasteiger partial charge in [0.15, 0.2) is 5.65 Å². The van der Waals surface area contributed by atoms with Gasteiger partial charge in [-0.25, -0.2) is 0 Å². The molecule has 0 spiro atoms. The van der Waals surface area contributed by atoms with Crippen LogP contribution in [0.1, 0.15) is 24.0 Å². The summed E-state index contributed by atoms with van der Waals surface area (Å²) in [5.74, 6) is 1.20. The van der Waals surface area contributed by atoms with Gasteiger partial charge in [0.1, 0.15) is 12.1 Å². The molecule has 5 rings (SSSR count). The first-order valence-corrected chi connectivity index (χ1v) is 11.5. The molecule has 0 saturated carbocycles. The van der Waals surface area contributed by atoms with E-state index in [0.717, 1.165) is 50.4 Å². The zero-order valence-corrected chi connectivity index (χ0v) is 18.6. The van der Waals surface area contributed by atoms with Crippen LogP contribution in [0, 0.1) is 5.92 Å². The van der Waals surface area contributed by atoms with Crippen LogP contribution in [0.5, 0.6) is 0 Å². The Bertz CT molecular complexity index is 1190. The molecular weight excluding hydrogens is 412 g/mol. The van der Waals surface area contributed by atoms with E-state index in [1.165, 1.54) is 11.1 Å². The fourth-order valence-electron chi connectivity index (χ4n) is 4.48. The monoisotopic (exact) mass is 440 g/mol. The van der Waals surface area contributed by atoms with E-state index in [0.29, 0.717) is 6.54 Å². The normalized spacial score (nSPS) is 14.5. The molecule has 0 radical (unpaired) electrons. The molecule has 7 nitrogen and oxygen atoms in total. The second kappa shape index (κ2) is 9.81. The van der Waals surface area contributed by atoms with E-state index < -0.39 is 0 Å². The van der Waals surface area contributed by atoms with Crippen molar-refractivity contribution in [2.45, 2.75) is 25.8 Å². The zero-order valence-electron chi connectivity index (χ0n) is 18.6. The zero-order chi connectivity index (χ0) is 22.5. The second-order valence-corrected chi connectivity index (χ2v) is 8.57. The lowest BCUT2D eigenvalue weighted by molar-refractivity contribution is -0.136. The van der Waals surface area contributed by atoms with Crippen LogP contribution in [0.3, 0.4) is 0 Å². The number of carbonyl (C=O) groups excluding carboxylic acids is 1. The number of piperidine rings is 1. The average Bonchev–Trinajstić information content (AvgIpc) is 3.35. The summed E-state index contributed by atoms with van der Waals surface area (Å²) in [4.78, 5) is 17.9. The first-order chi connectivity index (χ1) is 16.3. The lowest BCUT2D eigenvalue weighted by atomic mass is 9.94. The summed E-state index contributed by atoms with van der Waals surface area (Å²) in [5, 5.41) is 12.5. The molecule has 0 N–H and O–H groups in total. The standard InChI is InChI=1S/C26H28N6O/c33-26(23-14-17-30(18-15-23)25-12-11-24-28-27-20-32(24)29-25)31(19-22-9-5-2-6-10-22)16-13-21-7-3-1-4-8-21/h1-12,20,23H,13-19H2. The summed E-state index contributed by atoms with van der Waals surface area (Å²) in [7, 11) is 0. The number of aromatic nitrogens is 4. The van der Waals surface area contributed by atoms with E-state index in [4.69, 9.17) is 0 Å². The van der Waals surface area contributed by atoms with Crippen LogP contribution in [-0.4, -0.2) is 50.3 Å². The minimum absolute atomic E-state index is 0.0411. The van der Waals surface area contributed by atoms with E-state index in [2.05, 4.69) is 56.6 Å². The van der Waals surface area contributed by atoms with E-state index in [9.17, 15) is 4.79 Å². The third-order valence-electron chi connectivity index (χ3n) is 6.36. The van der Waals surface area contributed by atoms with Crippen LogP contribution in [0.4, 0.5) is 5.82 Å². The van der Waals surface area contributed by atoms with Crippen molar-refractivity contribution in [2.75, 3.05) is 24.5 Å². The van der Waals surface area contributed by atoms with Gasteiger partial charge in [-0.1, -0.05) is 60.7 Å². The van der Waals surface area contributed by atoms with Crippen LogP contribution >= 0.6 is 0 Å². The van der Waals surface area contributed by atoms with Crippen molar-refractivity contribution in [3.8, 4) is 0 Å². The van der Waals surface area contributed by atoms with Crippen molar-refractivity contribution >= 4 is 17.4 Å². The van der Waals surface area contributed by atoms with Gasteiger partial charge in [0.2, 0.25) is 5.91 Å². The largest absolute Gasteiger partial charge is 0.355 e. The van der Waals surface area contributed by atoms with Crippen molar-refractivity contribution in [3.63, 3.8) is 0 Å². The molecule has 1 aliphatic heterocycles. The third kappa shape index (κ3) is 5.03. The Balaban J connectivity index is 1.25. The maximum absolute atomic E-state index is 13.6. The van der Waals surface area contributed by atoms with Crippen LogP contribution in [0.2, 0.25) is 0 Å². The molecule has 1 amide bonds. The molecule has 1 aliphatic rings. The highest BCUT2D eigenvalue weighted by Crippen LogP contribution is 2.24. The predicted molar refractivity (Wildman–Crippen MR) is 128 cm³/mol. The number of amides is 1. The first kappa shape index (κ1) is 21.1. The minimum atomic E-state index is 0.0411. The molecular formula is C26H28N6O. The van der Waals surface area contributed by atoms with E-state index >= 15 is 0 Å². The number of fused-ring (bicyclic) bond motifs is 1. The summed E-state index contributed by atoms with van der Waals surface area (Å²) in [5.41, 5.74) is 3.16. The highest BCUT2D eigenvalue weighted by Gasteiger charge is 2.29. The van der Waals surface area contributed by atoms with Gasteiger partial charge in [0, 0.05) is 32.1 Å².